The predicted molar refractivity (Wildman–Crippen MR) is 141 cm³/mol. The van der Waals surface area contributed by atoms with Crippen molar-refractivity contribution in [1.29, 1.82) is 0 Å². The highest BCUT2D eigenvalue weighted by Crippen LogP contribution is 2.35. The normalized spacial score (nSPS) is 11.7. The lowest BCUT2D eigenvalue weighted by atomic mass is 10.1. The van der Waals surface area contributed by atoms with E-state index in [2.05, 4.69) is 30.9 Å². The molecule has 3 N–H and O–H groups in total. The molecule has 0 saturated heterocycles. The van der Waals surface area contributed by atoms with E-state index < -0.39 is 27.6 Å². The molecule has 1 amide bonds. The fourth-order valence-electron chi connectivity index (χ4n) is 3.37. The van der Waals surface area contributed by atoms with Gasteiger partial charge in [0.25, 0.3) is 5.91 Å². The third kappa shape index (κ3) is 7.46. The zero-order valence-corrected chi connectivity index (χ0v) is 22.6. The smallest absolute Gasteiger partial charge is 0.421 e. The maximum atomic E-state index is 13.7. The van der Waals surface area contributed by atoms with E-state index in [1.807, 2.05) is 13.8 Å². The molecule has 0 fully saturated rings. The second-order valence-corrected chi connectivity index (χ2v) is 10.7. The summed E-state index contributed by atoms with van der Waals surface area (Å²) in [5, 5.41) is 8.19. The fourth-order valence-corrected chi connectivity index (χ4v) is 3.85. The summed E-state index contributed by atoms with van der Waals surface area (Å²) in [5.74, 6) is -0.733. The molecule has 0 aliphatic carbocycles. The Kier molecular flexibility index (Phi) is 8.84. The maximum absolute atomic E-state index is 13.7. The average molecular weight is 568 g/mol. The van der Waals surface area contributed by atoms with Crippen molar-refractivity contribution in [1.82, 2.24) is 20.3 Å². The standard InChI is InChI=1S/C24H28F3N7O4S/c1-14(2)31-22(35)15-8-9-18(19(11-15)38-4)32-23-30-13-17(24(25,26)27)20(33-23)29-12-16-7-6-10-28-21(16)34(3)39(5,36)37/h6-11,13-14H,12H2,1-5H3,(H,31,35)(H2,29,30,32,33). The minimum Gasteiger partial charge on any atom is -0.495 e. The topological polar surface area (TPSA) is 138 Å². The first kappa shape index (κ1) is 29.4. The lowest BCUT2D eigenvalue weighted by molar-refractivity contribution is -0.137. The van der Waals surface area contributed by atoms with Gasteiger partial charge in [-0.15, -0.1) is 0 Å². The van der Waals surface area contributed by atoms with E-state index >= 15 is 0 Å². The Labute approximate surface area is 223 Å². The minimum absolute atomic E-state index is 0.0554. The fraction of sp³-hybridized carbons (Fsp3) is 0.333. The zero-order chi connectivity index (χ0) is 29.0. The van der Waals surface area contributed by atoms with E-state index in [9.17, 15) is 26.4 Å². The Morgan fingerprint density at radius 2 is 1.90 bits per heavy atom. The molecule has 2 heterocycles. The van der Waals surface area contributed by atoms with E-state index in [1.54, 1.807) is 0 Å². The molecule has 0 aliphatic heterocycles. The summed E-state index contributed by atoms with van der Waals surface area (Å²) in [5.41, 5.74) is -0.159. The van der Waals surface area contributed by atoms with Crippen LogP contribution in [0.25, 0.3) is 0 Å². The van der Waals surface area contributed by atoms with E-state index in [0.29, 0.717) is 23.0 Å². The van der Waals surface area contributed by atoms with Crippen LogP contribution in [0.4, 0.5) is 36.4 Å². The molecule has 0 saturated carbocycles. The molecule has 2 aromatic heterocycles. The Balaban J connectivity index is 1.92. The number of nitrogens with zero attached hydrogens (tertiary/aromatic N) is 4. The molecule has 0 unspecified atom stereocenters. The number of benzene rings is 1. The molecule has 0 aliphatic rings. The molecule has 39 heavy (non-hydrogen) atoms. The van der Waals surface area contributed by atoms with Crippen molar-refractivity contribution in [2.75, 3.05) is 35.4 Å². The van der Waals surface area contributed by atoms with Gasteiger partial charge in [-0.25, -0.2) is 18.4 Å². The summed E-state index contributed by atoms with van der Waals surface area (Å²) in [7, 11) is -0.994. The van der Waals surface area contributed by atoms with Gasteiger partial charge >= 0.3 is 6.18 Å². The first-order valence-corrected chi connectivity index (χ1v) is 13.4. The highest BCUT2D eigenvalue weighted by molar-refractivity contribution is 7.92. The second-order valence-electron chi connectivity index (χ2n) is 8.69. The van der Waals surface area contributed by atoms with Crippen molar-refractivity contribution in [3.8, 4) is 5.75 Å². The number of aromatic nitrogens is 3. The maximum Gasteiger partial charge on any atom is 0.421 e. The average Bonchev–Trinajstić information content (AvgIpc) is 2.85. The summed E-state index contributed by atoms with van der Waals surface area (Å²) in [4.78, 5) is 24.2. The highest BCUT2D eigenvalue weighted by Gasteiger charge is 2.35. The monoisotopic (exact) mass is 567 g/mol. The van der Waals surface area contributed by atoms with Crippen molar-refractivity contribution in [3.63, 3.8) is 0 Å². The van der Waals surface area contributed by atoms with Crippen LogP contribution < -0.4 is 25.0 Å². The van der Waals surface area contributed by atoms with Gasteiger partial charge in [0.05, 0.1) is 19.1 Å². The minimum atomic E-state index is -4.77. The van der Waals surface area contributed by atoms with Crippen molar-refractivity contribution in [2.45, 2.75) is 32.6 Å². The van der Waals surface area contributed by atoms with Crippen molar-refractivity contribution in [2.24, 2.45) is 0 Å². The molecular weight excluding hydrogens is 539 g/mol. The first-order valence-electron chi connectivity index (χ1n) is 11.5. The van der Waals surface area contributed by atoms with Gasteiger partial charge in [-0.2, -0.15) is 18.2 Å². The van der Waals surface area contributed by atoms with E-state index in [0.717, 1.165) is 10.6 Å². The number of hydrogen-bond acceptors (Lipinski definition) is 9. The van der Waals surface area contributed by atoms with E-state index in [-0.39, 0.29) is 36.0 Å². The van der Waals surface area contributed by atoms with Gasteiger partial charge in [-0.1, -0.05) is 6.07 Å². The van der Waals surface area contributed by atoms with Crippen LogP contribution in [0.2, 0.25) is 0 Å². The molecule has 210 valence electrons. The van der Waals surface area contributed by atoms with Crippen LogP contribution >= 0.6 is 0 Å². The second kappa shape index (κ2) is 11.7. The Morgan fingerprint density at radius 3 is 2.51 bits per heavy atom. The molecule has 3 rings (SSSR count). The van der Waals surface area contributed by atoms with Gasteiger partial charge in [0.2, 0.25) is 16.0 Å². The SMILES string of the molecule is COc1cc(C(=O)NC(C)C)ccc1Nc1ncc(C(F)(F)F)c(NCc2cccnc2N(C)S(C)(=O)=O)n1. The molecule has 3 aromatic rings. The number of ether oxygens (including phenoxy) is 1. The van der Waals surface area contributed by atoms with E-state index in [1.165, 1.54) is 50.7 Å². The largest absolute Gasteiger partial charge is 0.495 e. The number of methoxy groups -OCH3 is 1. The molecule has 0 radical (unpaired) electrons. The predicted octanol–water partition coefficient (Wildman–Crippen LogP) is 3.79. The van der Waals surface area contributed by atoms with Gasteiger partial charge < -0.3 is 20.7 Å². The number of rotatable bonds is 10. The summed E-state index contributed by atoms with van der Waals surface area (Å²) in [6.07, 6.45) is -1.78. The number of hydrogen-bond donors (Lipinski definition) is 3. The van der Waals surface area contributed by atoms with Gasteiger partial charge in [0, 0.05) is 43.2 Å². The number of amides is 1. The van der Waals surface area contributed by atoms with Gasteiger partial charge in [-0.3, -0.25) is 9.10 Å². The third-order valence-electron chi connectivity index (χ3n) is 5.33. The van der Waals surface area contributed by atoms with E-state index in [4.69, 9.17) is 4.74 Å². The van der Waals surface area contributed by atoms with Gasteiger partial charge in [0.15, 0.2) is 0 Å². The number of carbonyl (C=O) groups excluding carboxylic acids is 1. The van der Waals surface area contributed by atoms with Crippen LogP contribution in [0.5, 0.6) is 5.75 Å². The number of nitrogens with one attached hydrogen (secondary N) is 3. The summed E-state index contributed by atoms with van der Waals surface area (Å²) >= 11 is 0. The first-order chi connectivity index (χ1) is 18.2. The number of carbonyl (C=O) groups is 1. The number of pyridine rings is 1. The zero-order valence-electron chi connectivity index (χ0n) is 21.8. The number of alkyl halides is 3. The van der Waals surface area contributed by atoms with Crippen LogP contribution in [0.15, 0.2) is 42.7 Å². The van der Waals surface area contributed by atoms with Crippen LogP contribution in [-0.4, -0.2) is 55.7 Å². The number of halogens is 3. The summed E-state index contributed by atoms with van der Waals surface area (Å²) in [6, 6.07) is 7.50. The molecule has 0 atom stereocenters. The lowest BCUT2D eigenvalue weighted by Gasteiger charge is -2.20. The van der Waals surface area contributed by atoms with Crippen molar-refractivity contribution in [3.05, 3.63) is 59.4 Å². The number of sulfonamides is 1. The van der Waals surface area contributed by atoms with Crippen LogP contribution in [0, 0.1) is 0 Å². The summed E-state index contributed by atoms with van der Waals surface area (Å²) in [6.45, 7) is 3.42. The molecule has 0 bridgehead atoms. The molecular formula is C24H28F3N7O4S. The quantitative estimate of drug-likeness (QED) is 0.334. The lowest BCUT2D eigenvalue weighted by Crippen LogP contribution is -2.30. The van der Waals surface area contributed by atoms with Crippen molar-refractivity contribution >= 4 is 39.2 Å². The van der Waals surface area contributed by atoms with Crippen LogP contribution in [0.3, 0.4) is 0 Å². The Morgan fingerprint density at radius 1 is 1.18 bits per heavy atom. The van der Waals surface area contributed by atoms with Crippen molar-refractivity contribution < 1.29 is 31.1 Å². The molecule has 15 heteroatoms. The van der Waals surface area contributed by atoms with Crippen LogP contribution in [-0.2, 0) is 22.7 Å². The van der Waals surface area contributed by atoms with Gasteiger partial charge in [-0.05, 0) is 38.1 Å². The number of anilines is 4. The molecule has 11 nitrogen and oxygen atoms in total. The van der Waals surface area contributed by atoms with Crippen LogP contribution in [0.1, 0.15) is 35.3 Å². The molecule has 0 spiro atoms. The summed E-state index contributed by atoms with van der Waals surface area (Å²) < 4.78 is 71.4. The Bertz CT molecular complexity index is 1450. The highest BCUT2D eigenvalue weighted by atomic mass is 32.2. The molecule has 1 aromatic carbocycles. The van der Waals surface area contributed by atoms with Gasteiger partial charge in [0.1, 0.15) is 22.9 Å². The third-order valence-corrected chi connectivity index (χ3v) is 6.50. The Hall–Kier alpha value is -4.14.